The number of hydrogen-bond donors (Lipinski definition) is 0. The Balaban J connectivity index is 2.85. The molecule has 0 N–H and O–H groups in total. The summed E-state index contributed by atoms with van der Waals surface area (Å²) in [6, 6.07) is 5.14. The summed E-state index contributed by atoms with van der Waals surface area (Å²) >= 11 is 6.13. The molecule has 1 aromatic heterocycles. The SMILES string of the molecule is Cc1ccc(F)c2nc(Cl)c(C(C)(C)C)cc12. The standard InChI is InChI=1S/C14H15ClFN/c1-8-5-6-11(16)12-9(8)7-10(13(15)17-12)14(2,3)4/h5-7H,1-4H3. The van der Waals surface area contributed by atoms with E-state index >= 15 is 0 Å². The van der Waals surface area contributed by atoms with Gasteiger partial charge in [-0.05, 0) is 35.6 Å². The number of fused-ring (bicyclic) bond motifs is 1. The van der Waals surface area contributed by atoms with Gasteiger partial charge in [-0.15, -0.1) is 0 Å². The lowest BCUT2D eigenvalue weighted by atomic mass is 9.87. The molecule has 0 fully saturated rings. The minimum Gasteiger partial charge on any atom is -0.233 e. The maximum Gasteiger partial charge on any atom is 0.149 e. The molecule has 0 atom stereocenters. The predicted molar refractivity (Wildman–Crippen MR) is 70.1 cm³/mol. The molecular formula is C14H15ClFN. The summed E-state index contributed by atoms with van der Waals surface area (Å²) in [7, 11) is 0. The highest BCUT2D eigenvalue weighted by atomic mass is 35.5. The maximum absolute atomic E-state index is 13.7. The summed E-state index contributed by atoms with van der Waals surface area (Å²) in [5.41, 5.74) is 2.20. The average Bonchev–Trinajstić information content (AvgIpc) is 2.21. The lowest BCUT2D eigenvalue weighted by molar-refractivity contribution is 0.588. The maximum atomic E-state index is 13.7. The number of aryl methyl sites for hydroxylation is 1. The minimum absolute atomic E-state index is 0.100. The zero-order valence-corrected chi connectivity index (χ0v) is 11.2. The Morgan fingerprint density at radius 1 is 1.24 bits per heavy atom. The monoisotopic (exact) mass is 251 g/mol. The van der Waals surface area contributed by atoms with Crippen LogP contribution in [0.1, 0.15) is 31.9 Å². The van der Waals surface area contributed by atoms with Crippen molar-refractivity contribution in [1.82, 2.24) is 4.98 Å². The van der Waals surface area contributed by atoms with Gasteiger partial charge in [0.2, 0.25) is 0 Å². The van der Waals surface area contributed by atoms with Crippen LogP contribution in [0.15, 0.2) is 18.2 Å². The molecule has 0 unspecified atom stereocenters. The van der Waals surface area contributed by atoms with E-state index in [0.717, 1.165) is 16.5 Å². The van der Waals surface area contributed by atoms with Crippen LogP contribution >= 0.6 is 11.6 Å². The lowest BCUT2D eigenvalue weighted by Crippen LogP contribution is -2.13. The second-order valence-corrected chi connectivity index (χ2v) is 5.70. The molecule has 1 nitrogen and oxygen atoms in total. The van der Waals surface area contributed by atoms with Crippen molar-refractivity contribution in [2.45, 2.75) is 33.1 Å². The van der Waals surface area contributed by atoms with Crippen LogP contribution in [0.25, 0.3) is 10.9 Å². The summed E-state index contributed by atoms with van der Waals surface area (Å²) in [5, 5.41) is 1.22. The zero-order chi connectivity index (χ0) is 12.8. The van der Waals surface area contributed by atoms with Crippen molar-refractivity contribution >= 4 is 22.5 Å². The molecule has 0 aliphatic carbocycles. The van der Waals surface area contributed by atoms with Gasteiger partial charge in [-0.25, -0.2) is 9.37 Å². The largest absolute Gasteiger partial charge is 0.233 e. The van der Waals surface area contributed by atoms with Gasteiger partial charge in [0.05, 0.1) is 0 Å². The molecule has 2 rings (SSSR count). The first-order valence-corrected chi connectivity index (χ1v) is 5.94. The van der Waals surface area contributed by atoms with E-state index in [9.17, 15) is 4.39 Å². The fourth-order valence-electron chi connectivity index (χ4n) is 1.87. The Kier molecular flexibility index (Phi) is 2.86. The number of benzene rings is 1. The summed E-state index contributed by atoms with van der Waals surface area (Å²) in [6.07, 6.45) is 0. The quantitative estimate of drug-likeness (QED) is 0.622. The Morgan fingerprint density at radius 3 is 2.47 bits per heavy atom. The number of rotatable bonds is 0. The molecule has 0 amide bonds. The summed E-state index contributed by atoms with van der Waals surface area (Å²) in [6.45, 7) is 8.15. The number of hydrogen-bond acceptors (Lipinski definition) is 1. The van der Waals surface area contributed by atoms with Crippen molar-refractivity contribution in [3.8, 4) is 0 Å². The first kappa shape index (κ1) is 12.3. The predicted octanol–water partition coefficient (Wildman–Crippen LogP) is 4.63. The van der Waals surface area contributed by atoms with E-state index in [1.165, 1.54) is 6.07 Å². The van der Waals surface area contributed by atoms with Crippen molar-refractivity contribution in [2.75, 3.05) is 0 Å². The average molecular weight is 252 g/mol. The molecule has 2 aromatic rings. The molecule has 0 radical (unpaired) electrons. The van der Waals surface area contributed by atoms with Gasteiger partial charge in [-0.2, -0.15) is 0 Å². The van der Waals surface area contributed by atoms with Crippen LogP contribution in [-0.4, -0.2) is 4.98 Å². The highest BCUT2D eigenvalue weighted by Gasteiger charge is 2.20. The van der Waals surface area contributed by atoms with E-state index < -0.39 is 0 Å². The Hall–Kier alpha value is -1.15. The molecule has 0 saturated heterocycles. The lowest BCUT2D eigenvalue weighted by Gasteiger charge is -2.21. The van der Waals surface area contributed by atoms with E-state index in [1.54, 1.807) is 6.07 Å². The highest BCUT2D eigenvalue weighted by molar-refractivity contribution is 6.30. The van der Waals surface area contributed by atoms with E-state index in [2.05, 4.69) is 25.8 Å². The summed E-state index contributed by atoms with van der Waals surface area (Å²) in [4.78, 5) is 4.19. The van der Waals surface area contributed by atoms with E-state index in [0.29, 0.717) is 10.7 Å². The van der Waals surface area contributed by atoms with Crippen LogP contribution in [0.2, 0.25) is 5.15 Å². The number of pyridine rings is 1. The van der Waals surface area contributed by atoms with Gasteiger partial charge in [0.25, 0.3) is 0 Å². The highest BCUT2D eigenvalue weighted by Crippen LogP contribution is 2.32. The third-order valence-corrected chi connectivity index (χ3v) is 3.20. The Bertz CT molecular complexity index is 585. The topological polar surface area (TPSA) is 12.9 Å². The van der Waals surface area contributed by atoms with E-state index in [-0.39, 0.29) is 11.2 Å². The van der Waals surface area contributed by atoms with Crippen LogP contribution in [0.4, 0.5) is 4.39 Å². The summed E-state index contributed by atoms with van der Waals surface area (Å²) < 4.78 is 13.7. The van der Waals surface area contributed by atoms with Crippen LogP contribution in [0.5, 0.6) is 0 Å². The minimum atomic E-state index is -0.326. The number of aromatic nitrogens is 1. The van der Waals surface area contributed by atoms with E-state index in [4.69, 9.17) is 11.6 Å². The third kappa shape index (κ3) is 2.14. The number of halogens is 2. The van der Waals surface area contributed by atoms with Gasteiger partial charge >= 0.3 is 0 Å². The molecule has 3 heteroatoms. The van der Waals surface area contributed by atoms with Crippen LogP contribution in [0, 0.1) is 12.7 Å². The van der Waals surface area contributed by atoms with Gasteiger partial charge in [-0.1, -0.05) is 38.4 Å². The van der Waals surface area contributed by atoms with Crippen LogP contribution < -0.4 is 0 Å². The fourth-order valence-corrected chi connectivity index (χ4v) is 2.29. The third-order valence-electron chi connectivity index (χ3n) is 2.91. The van der Waals surface area contributed by atoms with Crippen LogP contribution in [-0.2, 0) is 5.41 Å². The molecule has 1 aromatic carbocycles. The molecule has 0 saturated carbocycles. The van der Waals surface area contributed by atoms with Crippen molar-refractivity contribution in [1.29, 1.82) is 0 Å². The zero-order valence-electron chi connectivity index (χ0n) is 10.4. The molecule has 0 aliphatic rings. The van der Waals surface area contributed by atoms with Crippen LogP contribution in [0.3, 0.4) is 0 Å². The Morgan fingerprint density at radius 2 is 1.88 bits per heavy atom. The first-order chi connectivity index (χ1) is 7.80. The van der Waals surface area contributed by atoms with Crippen molar-refractivity contribution in [3.05, 3.63) is 40.3 Å². The first-order valence-electron chi connectivity index (χ1n) is 5.56. The molecule has 90 valence electrons. The van der Waals surface area contributed by atoms with Crippen molar-refractivity contribution in [3.63, 3.8) is 0 Å². The fraction of sp³-hybridized carbons (Fsp3) is 0.357. The second-order valence-electron chi connectivity index (χ2n) is 5.34. The molecule has 1 heterocycles. The smallest absolute Gasteiger partial charge is 0.149 e. The summed E-state index contributed by atoms with van der Waals surface area (Å²) in [5.74, 6) is -0.326. The van der Waals surface area contributed by atoms with Gasteiger partial charge in [-0.3, -0.25) is 0 Å². The molecule has 0 bridgehead atoms. The molecule has 17 heavy (non-hydrogen) atoms. The normalized spacial score (nSPS) is 12.1. The molecule has 0 spiro atoms. The Labute approximate surface area is 106 Å². The van der Waals surface area contributed by atoms with Gasteiger partial charge in [0, 0.05) is 5.39 Å². The van der Waals surface area contributed by atoms with Crippen molar-refractivity contribution in [2.24, 2.45) is 0 Å². The van der Waals surface area contributed by atoms with E-state index in [1.807, 2.05) is 13.0 Å². The van der Waals surface area contributed by atoms with Gasteiger partial charge < -0.3 is 0 Å². The molecular weight excluding hydrogens is 237 g/mol. The molecule has 0 aliphatic heterocycles. The second kappa shape index (κ2) is 3.95. The van der Waals surface area contributed by atoms with Gasteiger partial charge in [0.15, 0.2) is 0 Å². The number of nitrogens with zero attached hydrogens (tertiary/aromatic N) is 1. The van der Waals surface area contributed by atoms with Crippen molar-refractivity contribution < 1.29 is 4.39 Å². The van der Waals surface area contributed by atoms with Gasteiger partial charge in [0.1, 0.15) is 16.5 Å².